The molecule has 7 rings (SSSR count). The molecule has 0 unspecified atom stereocenters. The second-order valence-corrected chi connectivity index (χ2v) is 10.8. The number of carbonyl (C=O) groups excluding carboxylic acids is 2. The summed E-state index contributed by atoms with van der Waals surface area (Å²) in [5.41, 5.74) is 4.69. The third-order valence-corrected chi connectivity index (χ3v) is 8.28. The predicted octanol–water partition coefficient (Wildman–Crippen LogP) is 3.47. The lowest BCUT2D eigenvalue weighted by Crippen LogP contribution is -2.43. The number of aromatic nitrogens is 4. The van der Waals surface area contributed by atoms with Crippen molar-refractivity contribution < 1.29 is 14.0 Å². The van der Waals surface area contributed by atoms with Gasteiger partial charge in [-0.15, -0.1) is 0 Å². The number of anilines is 1. The number of imidazole rings is 1. The summed E-state index contributed by atoms with van der Waals surface area (Å²) in [5, 5.41) is 8.70. The molecule has 2 aromatic carbocycles. The Labute approximate surface area is 223 Å². The van der Waals surface area contributed by atoms with Crippen molar-refractivity contribution in [2.45, 2.75) is 51.6 Å². The van der Waals surface area contributed by atoms with Gasteiger partial charge in [-0.25, -0.2) is 13.9 Å². The van der Waals surface area contributed by atoms with Crippen LogP contribution < -0.4 is 15.9 Å². The maximum absolute atomic E-state index is 14.5. The van der Waals surface area contributed by atoms with Crippen LogP contribution in [0.4, 0.5) is 10.1 Å². The Kier molecular flexibility index (Phi) is 5.09. The summed E-state index contributed by atoms with van der Waals surface area (Å²) in [6.07, 6.45) is 7.27. The summed E-state index contributed by atoms with van der Waals surface area (Å²) in [7, 11) is 1.55. The minimum Gasteiger partial charge on any atom is -0.308 e. The van der Waals surface area contributed by atoms with Crippen LogP contribution in [-0.4, -0.2) is 43.7 Å². The number of benzene rings is 2. The molecule has 0 spiro atoms. The summed E-state index contributed by atoms with van der Waals surface area (Å²) in [4.78, 5) is 39.7. The van der Waals surface area contributed by atoms with Crippen LogP contribution in [0.5, 0.6) is 0 Å². The summed E-state index contributed by atoms with van der Waals surface area (Å²) in [6, 6.07) is 8.87. The van der Waals surface area contributed by atoms with Gasteiger partial charge < -0.3 is 10.2 Å². The number of rotatable bonds is 3. The number of amides is 1. The lowest BCUT2D eigenvalue weighted by atomic mass is 9.85. The molecule has 10 heteroatoms. The highest BCUT2D eigenvalue weighted by molar-refractivity contribution is 6.52. The van der Waals surface area contributed by atoms with E-state index in [1.54, 1.807) is 72.9 Å². The number of fused-ring (bicyclic) bond motifs is 5. The highest BCUT2D eigenvalue weighted by Crippen LogP contribution is 2.39. The normalized spacial score (nSPS) is 19.9. The minimum atomic E-state index is -0.592. The van der Waals surface area contributed by atoms with Gasteiger partial charge in [-0.3, -0.25) is 18.7 Å². The SMILES string of the molecule is Cc1cc(-n2nc3c(c2-n2ccn(-c4ccc5c(c4)N(C)C(=O)C5=O)c2=O)[C@@H]2CCC[C@H](C3)N2)cc(C)c1F. The van der Waals surface area contributed by atoms with E-state index in [2.05, 4.69) is 5.32 Å². The van der Waals surface area contributed by atoms with Crippen LogP contribution >= 0.6 is 0 Å². The van der Waals surface area contributed by atoms with Gasteiger partial charge in [0.05, 0.1) is 28.3 Å². The van der Waals surface area contributed by atoms with Crippen molar-refractivity contribution >= 4 is 17.4 Å². The molecule has 1 amide bonds. The van der Waals surface area contributed by atoms with Crippen LogP contribution in [0.2, 0.25) is 0 Å². The molecular weight excluding hydrogens is 499 g/mol. The first-order chi connectivity index (χ1) is 18.7. The molecule has 2 bridgehead atoms. The van der Waals surface area contributed by atoms with E-state index in [0.29, 0.717) is 45.6 Å². The van der Waals surface area contributed by atoms with Gasteiger partial charge in [0.15, 0.2) is 0 Å². The van der Waals surface area contributed by atoms with Crippen molar-refractivity contribution in [2.24, 2.45) is 0 Å². The Balaban J connectivity index is 1.42. The van der Waals surface area contributed by atoms with Gasteiger partial charge in [0, 0.05) is 43.5 Å². The predicted molar refractivity (Wildman–Crippen MR) is 143 cm³/mol. The number of nitrogens with one attached hydrogen (secondary N) is 1. The van der Waals surface area contributed by atoms with Gasteiger partial charge >= 0.3 is 5.69 Å². The molecule has 1 N–H and O–H groups in total. The lowest BCUT2D eigenvalue weighted by molar-refractivity contribution is -0.114. The first kappa shape index (κ1) is 23.8. The van der Waals surface area contributed by atoms with Crippen molar-refractivity contribution in [3.63, 3.8) is 0 Å². The summed E-state index contributed by atoms with van der Waals surface area (Å²) in [6.45, 7) is 3.46. The number of hydrogen-bond acceptors (Lipinski definition) is 5. The molecule has 3 aliphatic heterocycles. The number of piperidine rings is 1. The Hall–Kier alpha value is -4.31. The Morgan fingerprint density at radius 2 is 1.72 bits per heavy atom. The number of nitrogens with zero attached hydrogens (tertiary/aromatic N) is 5. The quantitative estimate of drug-likeness (QED) is 0.413. The molecule has 2 aromatic heterocycles. The number of carbonyl (C=O) groups is 2. The molecule has 0 radical (unpaired) electrons. The van der Waals surface area contributed by atoms with E-state index in [0.717, 1.165) is 36.9 Å². The van der Waals surface area contributed by atoms with E-state index in [4.69, 9.17) is 5.10 Å². The van der Waals surface area contributed by atoms with Crippen molar-refractivity contribution in [3.8, 4) is 17.2 Å². The van der Waals surface area contributed by atoms with Crippen LogP contribution in [0.3, 0.4) is 0 Å². The number of ketones is 1. The van der Waals surface area contributed by atoms with Crippen LogP contribution in [-0.2, 0) is 11.2 Å². The zero-order valence-corrected chi connectivity index (χ0v) is 21.9. The van der Waals surface area contributed by atoms with E-state index in [1.165, 1.54) is 9.47 Å². The minimum absolute atomic E-state index is 0.0693. The fraction of sp³-hybridized carbons (Fsp3) is 0.310. The number of hydrogen-bond donors (Lipinski definition) is 1. The molecule has 3 aliphatic rings. The van der Waals surface area contributed by atoms with Gasteiger partial charge in [-0.05, 0) is 74.6 Å². The van der Waals surface area contributed by atoms with Crippen molar-refractivity contribution in [3.05, 3.63) is 87.0 Å². The average Bonchev–Trinajstić information content (AvgIpc) is 3.55. The molecule has 39 heavy (non-hydrogen) atoms. The van der Waals surface area contributed by atoms with Gasteiger partial charge in [0.2, 0.25) is 0 Å². The number of likely N-dealkylation sites (N-methyl/N-ethyl adjacent to an activating group) is 1. The monoisotopic (exact) mass is 526 g/mol. The highest BCUT2D eigenvalue weighted by Gasteiger charge is 2.37. The maximum atomic E-state index is 14.5. The fourth-order valence-electron chi connectivity index (χ4n) is 6.32. The fourth-order valence-corrected chi connectivity index (χ4v) is 6.32. The molecule has 0 aliphatic carbocycles. The molecule has 5 heterocycles. The third kappa shape index (κ3) is 3.40. The zero-order valence-electron chi connectivity index (χ0n) is 21.9. The molecular formula is C29H27FN6O3. The van der Waals surface area contributed by atoms with Gasteiger partial charge in [0.1, 0.15) is 11.6 Å². The Morgan fingerprint density at radius 3 is 2.49 bits per heavy atom. The molecule has 1 fully saturated rings. The highest BCUT2D eigenvalue weighted by atomic mass is 19.1. The van der Waals surface area contributed by atoms with Crippen molar-refractivity contribution in [2.75, 3.05) is 11.9 Å². The molecule has 2 atom stereocenters. The third-order valence-electron chi connectivity index (χ3n) is 8.28. The molecule has 9 nitrogen and oxygen atoms in total. The van der Waals surface area contributed by atoms with Gasteiger partial charge in [0.25, 0.3) is 11.7 Å². The first-order valence-corrected chi connectivity index (χ1v) is 13.1. The van der Waals surface area contributed by atoms with Crippen molar-refractivity contribution in [1.29, 1.82) is 0 Å². The maximum Gasteiger partial charge on any atom is 0.338 e. The molecule has 4 aromatic rings. The van der Waals surface area contributed by atoms with E-state index >= 15 is 0 Å². The van der Waals surface area contributed by atoms with E-state index in [1.807, 2.05) is 0 Å². The Bertz CT molecular complexity index is 1760. The zero-order chi connectivity index (χ0) is 27.2. The lowest BCUT2D eigenvalue weighted by Gasteiger charge is -2.35. The molecule has 198 valence electrons. The average molecular weight is 527 g/mol. The first-order valence-electron chi connectivity index (χ1n) is 13.1. The van der Waals surface area contributed by atoms with Crippen LogP contribution in [0.25, 0.3) is 17.2 Å². The van der Waals surface area contributed by atoms with Gasteiger partial charge in [-0.2, -0.15) is 5.10 Å². The summed E-state index contributed by atoms with van der Waals surface area (Å²) < 4.78 is 19.4. The summed E-state index contributed by atoms with van der Waals surface area (Å²) >= 11 is 0. The standard InChI is InChI=1S/C29H27FN6O3/c1-15-11-19(12-16(2)25(15)30)36-27(24-21-6-4-5-17(31-21)13-22(24)32-36)35-10-9-34(29(35)39)18-7-8-20-23(14-18)33(3)28(38)26(20)37/h7-12,14,17,21,31H,4-6,13H2,1-3H3/t17-,21+/m1/s1. The smallest absolute Gasteiger partial charge is 0.308 e. The summed E-state index contributed by atoms with van der Waals surface area (Å²) in [5.74, 6) is -0.759. The van der Waals surface area contributed by atoms with Crippen LogP contribution in [0, 0.1) is 19.7 Å². The van der Waals surface area contributed by atoms with Gasteiger partial charge in [-0.1, -0.05) is 0 Å². The number of aryl methyl sites for hydroxylation is 2. The van der Waals surface area contributed by atoms with E-state index < -0.39 is 11.7 Å². The van der Waals surface area contributed by atoms with E-state index in [-0.39, 0.29) is 17.5 Å². The number of Topliss-reactive ketones (excluding diaryl/α,β-unsaturated/α-hetero) is 1. The second kappa shape index (κ2) is 8.34. The van der Waals surface area contributed by atoms with E-state index in [9.17, 15) is 18.8 Å². The van der Waals surface area contributed by atoms with Crippen molar-refractivity contribution in [1.82, 2.24) is 24.2 Å². The topological polar surface area (TPSA) is 94.2 Å². The van der Waals surface area contributed by atoms with Crippen LogP contribution in [0.15, 0.2) is 47.5 Å². The molecule has 0 saturated carbocycles. The number of halogens is 1. The van der Waals surface area contributed by atoms with Crippen LogP contribution in [0.1, 0.15) is 58.0 Å². The largest absolute Gasteiger partial charge is 0.338 e. The second-order valence-electron chi connectivity index (χ2n) is 10.8. The Morgan fingerprint density at radius 1 is 0.974 bits per heavy atom. The molecule has 1 saturated heterocycles.